The third kappa shape index (κ3) is 3.92. The SMILES string of the molecule is CCN(CCCC(=O)NN)c1cc(O)ccc1C. The largest absolute Gasteiger partial charge is 0.508 e. The van der Waals surface area contributed by atoms with Gasteiger partial charge in [0.1, 0.15) is 5.75 Å². The second kappa shape index (κ2) is 6.86. The third-order valence-electron chi connectivity index (χ3n) is 2.91. The Morgan fingerprint density at radius 2 is 2.22 bits per heavy atom. The number of benzene rings is 1. The lowest BCUT2D eigenvalue weighted by Gasteiger charge is -2.25. The molecule has 18 heavy (non-hydrogen) atoms. The highest BCUT2D eigenvalue weighted by Crippen LogP contribution is 2.25. The number of nitrogens with two attached hydrogens (primary N) is 1. The number of aryl methyl sites for hydroxylation is 1. The van der Waals surface area contributed by atoms with Crippen LogP contribution >= 0.6 is 0 Å². The smallest absolute Gasteiger partial charge is 0.233 e. The van der Waals surface area contributed by atoms with Gasteiger partial charge in [-0.1, -0.05) is 6.07 Å². The minimum atomic E-state index is -0.154. The van der Waals surface area contributed by atoms with Gasteiger partial charge >= 0.3 is 0 Å². The fourth-order valence-electron chi connectivity index (χ4n) is 1.89. The Labute approximate surface area is 108 Å². The van der Waals surface area contributed by atoms with E-state index in [2.05, 4.69) is 10.3 Å². The molecule has 4 N–H and O–H groups in total. The van der Waals surface area contributed by atoms with Gasteiger partial charge in [-0.3, -0.25) is 10.2 Å². The number of carbonyl (C=O) groups excluding carboxylic acids is 1. The molecule has 0 unspecified atom stereocenters. The molecular weight excluding hydrogens is 230 g/mol. The summed E-state index contributed by atoms with van der Waals surface area (Å²) >= 11 is 0. The van der Waals surface area contributed by atoms with Crippen LogP contribution in [-0.4, -0.2) is 24.1 Å². The molecule has 0 fully saturated rings. The zero-order valence-electron chi connectivity index (χ0n) is 10.9. The number of hydrogen-bond donors (Lipinski definition) is 3. The van der Waals surface area contributed by atoms with Crippen molar-refractivity contribution in [2.75, 3.05) is 18.0 Å². The van der Waals surface area contributed by atoms with Gasteiger partial charge in [-0.15, -0.1) is 0 Å². The molecule has 1 aromatic carbocycles. The monoisotopic (exact) mass is 251 g/mol. The maximum atomic E-state index is 11.0. The lowest BCUT2D eigenvalue weighted by molar-refractivity contribution is -0.121. The minimum absolute atomic E-state index is 0.154. The van der Waals surface area contributed by atoms with Gasteiger partial charge in [0.25, 0.3) is 0 Å². The average Bonchev–Trinajstić information content (AvgIpc) is 2.37. The maximum Gasteiger partial charge on any atom is 0.233 e. The molecule has 0 saturated carbocycles. The number of carbonyl (C=O) groups is 1. The minimum Gasteiger partial charge on any atom is -0.508 e. The molecule has 0 aliphatic carbocycles. The number of amides is 1. The summed E-state index contributed by atoms with van der Waals surface area (Å²) in [6.07, 6.45) is 1.14. The van der Waals surface area contributed by atoms with Crippen molar-refractivity contribution in [3.05, 3.63) is 23.8 Å². The maximum absolute atomic E-state index is 11.0. The van der Waals surface area contributed by atoms with Crippen LogP contribution in [0.3, 0.4) is 0 Å². The molecule has 0 spiro atoms. The van der Waals surface area contributed by atoms with Crippen molar-refractivity contribution >= 4 is 11.6 Å². The average molecular weight is 251 g/mol. The van der Waals surface area contributed by atoms with Crippen molar-refractivity contribution in [3.8, 4) is 5.75 Å². The molecule has 0 radical (unpaired) electrons. The summed E-state index contributed by atoms with van der Waals surface area (Å²) in [4.78, 5) is 13.2. The van der Waals surface area contributed by atoms with Crippen LogP contribution in [-0.2, 0) is 4.79 Å². The molecule has 0 atom stereocenters. The molecule has 0 aliphatic heterocycles. The number of phenols is 1. The van der Waals surface area contributed by atoms with Crippen molar-refractivity contribution in [1.29, 1.82) is 0 Å². The van der Waals surface area contributed by atoms with Gasteiger partial charge in [-0.2, -0.15) is 0 Å². The highest BCUT2D eigenvalue weighted by atomic mass is 16.3. The van der Waals surface area contributed by atoms with E-state index in [-0.39, 0.29) is 11.7 Å². The Bertz CT molecular complexity index is 407. The van der Waals surface area contributed by atoms with Gasteiger partial charge in [0.05, 0.1) is 0 Å². The molecule has 0 aliphatic rings. The topological polar surface area (TPSA) is 78.6 Å². The summed E-state index contributed by atoms with van der Waals surface area (Å²) in [5.74, 6) is 5.13. The number of rotatable bonds is 6. The number of aromatic hydroxyl groups is 1. The van der Waals surface area contributed by atoms with E-state index in [4.69, 9.17) is 5.84 Å². The predicted molar refractivity (Wildman–Crippen MR) is 72.3 cm³/mol. The second-order valence-corrected chi connectivity index (χ2v) is 4.22. The van der Waals surface area contributed by atoms with Crippen LogP contribution in [0, 0.1) is 6.92 Å². The molecule has 0 saturated heterocycles. The summed E-state index contributed by atoms with van der Waals surface area (Å²) in [6, 6.07) is 5.32. The summed E-state index contributed by atoms with van der Waals surface area (Å²) in [5, 5.41) is 9.53. The highest BCUT2D eigenvalue weighted by Gasteiger charge is 2.09. The first-order valence-electron chi connectivity index (χ1n) is 6.12. The van der Waals surface area contributed by atoms with Crippen molar-refractivity contribution in [1.82, 2.24) is 5.43 Å². The Kier molecular flexibility index (Phi) is 5.45. The van der Waals surface area contributed by atoms with E-state index in [1.165, 1.54) is 0 Å². The second-order valence-electron chi connectivity index (χ2n) is 4.22. The molecule has 5 nitrogen and oxygen atoms in total. The Balaban J connectivity index is 2.65. The summed E-state index contributed by atoms with van der Waals surface area (Å²) < 4.78 is 0. The predicted octanol–water partition coefficient (Wildman–Crippen LogP) is 1.30. The number of phenolic OH excluding ortho intramolecular Hbond substituents is 1. The van der Waals surface area contributed by atoms with Crippen LogP contribution in [0.15, 0.2) is 18.2 Å². The number of anilines is 1. The molecular formula is C13H21N3O2. The zero-order valence-corrected chi connectivity index (χ0v) is 10.9. The van der Waals surface area contributed by atoms with Gasteiger partial charge in [0.2, 0.25) is 5.91 Å². The van der Waals surface area contributed by atoms with E-state index < -0.39 is 0 Å². The first-order chi connectivity index (χ1) is 8.58. The molecule has 1 rings (SSSR count). The molecule has 1 aromatic rings. The lowest BCUT2D eigenvalue weighted by atomic mass is 10.1. The van der Waals surface area contributed by atoms with Crippen LogP contribution in [0.1, 0.15) is 25.3 Å². The highest BCUT2D eigenvalue weighted by molar-refractivity contribution is 5.75. The van der Waals surface area contributed by atoms with E-state index in [0.29, 0.717) is 6.42 Å². The van der Waals surface area contributed by atoms with E-state index in [9.17, 15) is 9.90 Å². The number of nitrogens with one attached hydrogen (secondary N) is 1. The van der Waals surface area contributed by atoms with E-state index in [1.54, 1.807) is 12.1 Å². The molecule has 100 valence electrons. The number of nitrogens with zero attached hydrogens (tertiary/aromatic N) is 1. The van der Waals surface area contributed by atoms with Crippen molar-refractivity contribution in [2.45, 2.75) is 26.7 Å². The molecule has 5 heteroatoms. The van der Waals surface area contributed by atoms with E-state index in [0.717, 1.165) is 30.8 Å². The van der Waals surface area contributed by atoms with Crippen molar-refractivity contribution in [2.24, 2.45) is 5.84 Å². The summed E-state index contributed by atoms with van der Waals surface area (Å²) in [6.45, 7) is 5.64. The van der Waals surface area contributed by atoms with Crippen molar-refractivity contribution in [3.63, 3.8) is 0 Å². The first kappa shape index (κ1) is 14.3. The number of hydrazine groups is 1. The summed E-state index contributed by atoms with van der Waals surface area (Å²) in [7, 11) is 0. The van der Waals surface area contributed by atoms with Gasteiger partial charge in [-0.05, 0) is 31.9 Å². The molecule has 0 heterocycles. The number of hydrogen-bond acceptors (Lipinski definition) is 4. The normalized spacial score (nSPS) is 10.2. The quantitative estimate of drug-likeness (QED) is 0.404. The van der Waals surface area contributed by atoms with Gasteiger partial charge < -0.3 is 10.0 Å². The van der Waals surface area contributed by atoms with Crippen LogP contribution in [0.2, 0.25) is 0 Å². The zero-order chi connectivity index (χ0) is 13.5. The van der Waals surface area contributed by atoms with E-state index >= 15 is 0 Å². The Hall–Kier alpha value is -1.75. The van der Waals surface area contributed by atoms with Crippen LogP contribution in [0.5, 0.6) is 5.75 Å². The fraction of sp³-hybridized carbons (Fsp3) is 0.462. The fourth-order valence-corrected chi connectivity index (χ4v) is 1.89. The standard InChI is InChI=1S/C13H21N3O2/c1-3-16(8-4-5-13(18)15-14)12-9-11(17)7-6-10(12)2/h6-7,9,17H,3-5,8,14H2,1-2H3,(H,15,18). The van der Waals surface area contributed by atoms with Gasteiger partial charge in [0.15, 0.2) is 0 Å². The van der Waals surface area contributed by atoms with E-state index in [1.807, 2.05) is 19.9 Å². The Morgan fingerprint density at radius 1 is 1.50 bits per heavy atom. The van der Waals surface area contributed by atoms with Crippen molar-refractivity contribution < 1.29 is 9.90 Å². The van der Waals surface area contributed by atoms with Gasteiger partial charge in [0, 0.05) is 31.3 Å². The molecule has 0 bridgehead atoms. The first-order valence-corrected chi connectivity index (χ1v) is 6.12. The van der Waals surface area contributed by atoms with Crippen LogP contribution in [0.4, 0.5) is 5.69 Å². The summed E-state index contributed by atoms with van der Waals surface area (Å²) in [5.41, 5.74) is 4.23. The van der Waals surface area contributed by atoms with Crippen LogP contribution < -0.4 is 16.2 Å². The lowest BCUT2D eigenvalue weighted by Crippen LogP contribution is -2.31. The third-order valence-corrected chi connectivity index (χ3v) is 2.91. The Morgan fingerprint density at radius 3 is 2.83 bits per heavy atom. The van der Waals surface area contributed by atoms with Gasteiger partial charge in [-0.25, -0.2) is 5.84 Å². The molecule has 0 aromatic heterocycles. The molecule has 1 amide bonds. The van der Waals surface area contributed by atoms with Crippen LogP contribution in [0.25, 0.3) is 0 Å².